The fraction of sp³-hybridized carbons (Fsp3) is 0.765. The van der Waals surface area contributed by atoms with Gasteiger partial charge in [-0.25, -0.2) is 4.79 Å². The lowest BCUT2D eigenvalue weighted by Crippen LogP contribution is -2.55. The fourth-order valence-corrected chi connectivity index (χ4v) is 3.73. The van der Waals surface area contributed by atoms with Crippen LogP contribution in [0, 0.1) is 11.8 Å². The van der Waals surface area contributed by atoms with Gasteiger partial charge in [-0.2, -0.15) is 4.98 Å². The van der Waals surface area contributed by atoms with Crippen molar-refractivity contribution in [3.8, 4) is 0 Å². The van der Waals surface area contributed by atoms with Gasteiger partial charge in [0.1, 0.15) is 5.54 Å². The van der Waals surface area contributed by atoms with E-state index < -0.39 is 5.54 Å². The molecular weight excluding hydrogens is 322 g/mol. The van der Waals surface area contributed by atoms with Gasteiger partial charge in [-0.05, 0) is 32.2 Å². The first-order valence-corrected chi connectivity index (χ1v) is 8.93. The van der Waals surface area contributed by atoms with Crippen molar-refractivity contribution in [3.05, 3.63) is 11.7 Å². The predicted molar refractivity (Wildman–Crippen MR) is 90.5 cm³/mol. The van der Waals surface area contributed by atoms with Crippen molar-refractivity contribution in [2.75, 3.05) is 20.1 Å². The molecule has 25 heavy (non-hydrogen) atoms. The van der Waals surface area contributed by atoms with Crippen LogP contribution in [0.4, 0.5) is 4.79 Å². The molecule has 3 amide bonds. The second-order valence-corrected chi connectivity index (χ2v) is 7.77. The normalized spacial score (nSPS) is 28.0. The lowest BCUT2D eigenvalue weighted by atomic mass is 9.80. The molecule has 0 aromatic carbocycles. The number of rotatable bonds is 5. The minimum Gasteiger partial charge on any atom is -0.339 e. The van der Waals surface area contributed by atoms with Crippen molar-refractivity contribution in [2.24, 2.45) is 11.8 Å². The highest BCUT2D eigenvalue weighted by Crippen LogP contribution is 2.32. The van der Waals surface area contributed by atoms with Crippen LogP contribution in [0.1, 0.15) is 45.3 Å². The fourth-order valence-electron chi connectivity index (χ4n) is 3.73. The molecular formula is C17H27N5O3. The van der Waals surface area contributed by atoms with Crippen LogP contribution in [0.3, 0.4) is 0 Å². The maximum atomic E-state index is 12.5. The Morgan fingerprint density at radius 1 is 1.40 bits per heavy atom. The van der Waals surface area contributed by atoms with E-state index >= 15 is 0 Å². The van der Waals surface area contributed by atoms with E-state index in [1.165, 1.54) is 11.9 Å². The van der Waals surface area contributed by atoms with Gasteiger partial charge in [0, 0.05) is 25.9 Å². The van der Waals surface area contributed by atoms with Crippen molar-refractivity contribution in [3.63, 3.8) is 0 Å². The Morgan fingerprint density at radius 2 is 2.16 bits per heavy atom. The van der Waals surface area contributed by atoms with Gasteiger partial charge in [-0.15, -0.1) is 0 Å². The molecule has 1 N–H and O–H groups in total. The molecule has 1 aromatic rings. The van der Waals surface area contributed by atoms with Gasteiger partial charge in [0.15, 0.2) is 5.82 Å². The van der Waals surface area contributed by atoms with E-state index in [1.54, 1.807) is 0 Å². The highest BCUT2D eigenvalue weighted by Gasteiger charge is 2.51. The summed E-state index contributed by atoms with van der Waals surface area (Å²) in [4.78, 5) is 32.2. The Hall–Kier alpha value is -1.96. The van der Waals surface area contributed by atoms with Gasteiger partial charge in [0.25, 0.3) is 5.91 Å². The first-order chi connectivity index (χ1) is 11.8. The topological polar surface area (TPSA) is 91.6 Å². The van der Waals surface area contributed by atoms with Crippen molar-refractivity contribution < 1.29 is 14.1 Å². The predicted octanol–water partition coefficient (Wildman–Crippen LogP) is 1.42. The van der Waals surface area contributed by atoms with E-state index in [9.17, 15) is 9.59 Å². The van der Waals surface area contributed by atoms with Gasteiger partial charge >= 0.3 is 6.03 Å². The average Bonchev–Trinajstić information content (AvgIpc) is 3.06. The Labute approximate surface area is 147 Å². The first kappa shape index (κ1) is 17.8. The van der Waals surface area contributed by atoms with Crippen LogP contribution in [0.2, 0.25) is 0 Å². The highest BCUT2D eigenvalue weighted by molar-refractivity contribution is 6.06. The summed E-state index contributed by atoms with van der Waals surface area (Å²) in [6.45, 7) is 8.32. The third kappa shape index (κ3) is 3.53. The second kappa shape index (κ2) is 6.74. The molecule has 2 aliphatic heterocycles. The molecule has 0 radical (unpaired) electrons. The monoisotopic (exact) mass is 349 g/mol. The van der Waals surface area contributed by atoms with E-state index in [1.807, 2.05) is 6.92 Å². The summed E-state index contributed by atoms with van der Waals surface area (Å²) >= 11 is 0. The van der Waals surface area contributed by atoms with E-state index in [4.69, 9.17) is 4.52 Å². The molecule has 0 spiro atoms. The van der Waals surface area contributed by atoms with Crippen molar-refractivity contribution in [1.82, 2.24) is 25.3 Å². The Bertz CT molecular complexity index is 658. The lowest BCUT2D eigenvalue weighted by molar-refractivity contribution is -0.132. The second-order valence-electron chi connectivity index (χ2n) is 7.77. The number of urea groups is 1. The lowest BCUT2D eigenvalue weighted by Gasteiger charge is -2.39. The van der Waals surface area contributed by atoms with Crippen LogP contribution in [0.5, 0.6) is 0 Å². The van der Waals surface area contributed by atoms with Crippen molar-refractivity contribution >= 4 is 11.9 Å². The van der Waals surface area contributed by atoms with E-state index in [2.05, 4.69) is 34.2 Å². The number of nitrogens with zero attached hydrogens (tertiary/aromatic N) is 4. The molecule has 2 saturated heterocycles. The molecule has 8 nitrogen and oxygen atoms in total. The zero-order valence-corrected chi connectivity index (χ0v) is 15.4. The number of likely N-dealkylation sites (N-methyl/N-ethyl adjacent to an activating group) is 1. The number of imide groups is 1. The number of aromatic nitrogens is 2. The van der Waals surface area contributed by atoms with Crippen LogP contribution in [0.25, 0.3) is 0 Å². The molecule has 0 aliphatic carbocycles. The molecule has 3 rings (SSSR count). The van der Waals surface area contributed by atoms with Crippen LogP contribution < -0.4 is 5.32 Å². The Kier molecular flexibility index (Phi) is 4.81. The van der Waals surface area contributed by atoms with Gasteiger partial charge in [0.2, 0.25) is 5.89 Å². The smallest absolute Gasteiger partial charge is 0.324 e. The molecule has 2 aliphatic rings. The summed E-state index contributed by atoms with van der Waals surface area (Å²) in [5.74, 6) is 1.75. The first-order valence-electron chi connectivity index (χ1n) is 8.93. The molecule has 0 unspecified atom stereocenters. The Balaban J connectivity index is 1.64. The molecule has 3 heterocycles. The number of nitrogens with one attached hydrogen (secondary N) is 1. The van der Waals surface area contributed by atoms with E-state index in [-0.39, 0.29) is 17.9 Å². The molecule has 8 heteroatoms. The zero-order chi connectivity index (χ0) is 18.2. The molecule has 2 fully saturated rings. The van der Waals surface area contributed by atoms with Crippen LogP contribution in [-0.4, -0.2) is 57.6 Å². The van der Waals surface area contributed by atoms with Gasteiger partial charge in [0.05, 0.1) is 6.54 Å². The molecule has 0 saturated carbocycles. The third-order valence-electron chi connectivity index (χ3n) is 5.20. The van der Waals surface area contributed by atoms with Crippen LogP contribution >= 0.6 is 0 Å². The molecule has 1 aromatic heterocycles. The number of amides is 3. The van der Waals surface area contributed by atoms with Crippen molar-refractivity contribution in [2.45, 2.75) is 52.1 Å². The molecule has 2 atom stereocenters. The minimum atomic E-state index is -0.829. The summed E-state index contributed by atoms with van der Waals surface area (Å²) in [6.07, 6.45) is 2.67. The number of hydrogen-bond acceptors (Lipinski definition) is 6. The standard InChI is InChI=1S/C17H27N5O3/c1-11(2)8-14-18-13(20-25-14)10-22-7-5-6-12(9-22)17(3)15(23)21(4)16(24)19-17/h11-12H,5-10H2,1-4H3,(H,19,24)/t12-,17+/m1/s1. The number of carbonyl (C=O) groups is 2. The number of hydrogen-bond donors (Lipinski definition) is 1. The third-order valence-corrected chi connectivity index (χ3v) is 5.20. The van der Waals surface area contributed by atoms with E-state index in [0.717, 1.165) is 32.4 Å². The number of piperidine rings is 1. The van der Waals surface area contributed by atoms with E-state index in [0.29, 0.717) is 24.2 Å². The van der Waals surface area contributed by atoms with Crippen molar-refractivity contribution in [1.29, 1.82) is 0 Å². The van der Waals surface area contributed by atoms with Gasteiger partial charge in [-0.1, -0.05) is 19.0 Å². The van der Waals surface area contributed by atoms with Gasteiger partial charge in [-0.3, -0.25) is 14.6 Å². The summed E-state index contributed by atoms with van der Waals surface area (Å²) in [5.41, 5.74) is -0.829. The zero-order valence-electron chi connectivity index (χ0n) is 15.4. The summed E-state index contributed by atoms with van der Waals surface area (Å²) in [7, 11) is 1.53. The van der Waals surface area contributed by atoms with Gasteiger partial charge < -0.3 is 9.84 Å². The quantitative estimate of drug-likeness (QED) is 0.809. The number of carbonyl (C=O) groups excluding carboxylic acids is 2. The summed E-state index contributed by atoms with van der Waals surface area (Å²) in [6, 6.07) is -0.318. The largest absolute Gasteiger partial charge is 0.339 e. The maximum absolute atomic E-state index is 12.5. The number of likely N-dealkylation sites (tertiary alicyclic amines) is 1. The summed E-state index contributed by atoms with van der Waals surface area (Å²) in [5, 5.41) is 6.94. The molecule has 0 bridgehead atoms. The highest BCUT2D eigenvalue weighted by atomic mass is 16.5. The summed E-state index contributed by atoms with van der Waals surface area (Å²) < 4.78 is 5.30. The SMILES string of the molecule is CC(C)Cc1nc(CN2CCC[C@@H]([C@]3(C)NC(=O)N(C)C3=O)C2)no1. The van der Waals surface area contributed by atoms with Crippen LogP contribution in [0.15, 0.2) is 4.52 Å². The minimum absolute atomic E-state index is 0.0738. The maximum Gasteiger partial charge on any atom is 0.324 e. The molecule has 138 valence electrons. The average molecular weight is 349 g/mol. The van der Waals surface area contributed by atoms with Crippen LogP contribution in [-0.2, 0) is 17.8 Å². The Morgan fingerprint density at radius 3 is 2.80 bits per heavy atom.